The first-order valence-corrected chi connectivity index (χ1v) is 8.47. The molecule has 0 heterocycles. The van der Waals surface area contributed by atoms with Crippen LogP contribution in [0.5, 0.6) is 5.75 Å². The van der Waals surface area contributed by atoms with E-state index in [2.05, 4.69) is 4.72 Å². The van der Waals surface area contributed by atoms with Gasteiger partial charge in [0.1, 0.15) is 5.75 Å². The lowest BCUT2D eigenvalue weighted by Crippen LogP contribution is -2.11. The summed E-state index contributed by atoms with van der Waals surface area (Å²) in [5, 5.41) is 0. The van der Waals surface area contributed by atoms with Gasteiger partial charge in [0.15, 0.2) is 11.0 Å². The van der Waals surface area contributed by atoms with Crippen LogP contribution in [0.1, 0.15) is 23.6 Å². The summed E-state index contributed by atoms with van der Waals surface area (Å²) in [6.07, 6.45) is -4.55. The summed E-state index contributed by atoms with van der Waals surface area (Å²) < 4.78 is 59.5. The van der Waals surface area contributed by atoms with E-state index in [9.17, 15) is 17.4 Å². The molecule has 0 aliphatic carbocycles. The van der Waals surface area contributed by atoms with Gasteiger partial charge in [-0.2, -0.15) is 13.2 Å². The molecule has 0 saturated carbocycles. The number of ether oxygens (including phenoxy) is 1. The van der Waals surface area contributed by atoms with Gasteiger partial charge in [0, 0.05) is 5.69 Å². The first kappa shape index (κ1) is 18.3. The van der Waals surface area contributed by atoms with Gasteiger partial charge in [-0.1, -0.05) is 17.7 Å². The van der Waals surface area contributed by atoms with E-state index in [-0.39, 0.29) is 18.0 Å². The molecule has 0 saturated heterocycles. The Bertz CT molecular complexity index is 760. The minimum absolute atomic E-state index is 0.115. The normalized spacial score (nSPS) is 12.8. The molecule has 3 nitrogen and oxygen atoms in total. The predicted octanol–water partition coefficient (Wildman–Crippen LogP) is 4.86. The molecule has 1 atom stereocenters. The van der Waals surface area contributed by atoms with Crippen molar-refractivity contribution in [3.8, 4) is 5.75 Å². The number of nitrogens with one attached hydrogen (secondary N) is 1. The van der Waals surface area contributed by atoms with E-state index >= 15 is 0 Å². The van der Waals surface area contributed by atoms with Crippen molar-refractivity contribution in [1.29, 1.82) is 0 Å². The van der Waals surface area contributed by atoms with Crippen molar-refractivity contribution in [2.75, 3.05) is 11.3 Å². The molecule has 0 aromatic heterocycles. The Morgan fingerprint density at radius 3 is 2.42 bits per heavy atom. The standard InChI is InChI=1S/C17H18F3NO2S/c1-4-23-15-7-6-13(10-14(15)17(18,19)20)21-24(22)16-8-5-11(2)9-12(16)3/h5-10,21H,4H2,1-3H3. The number of alkyl halides is 3. The Labute approximate surface area is 141 Å². The second-order valence-corrected chi connectivity index (χ2v) is 6.46. The highest BCUT2D eigenvalue weighted by atomic mass is 32.2. The maximum absolute atomic E-state index is 13.1. The van der Waals surface area contributed by atoms with E-state index in [1.165, 1.54) is 12.1 Å². The Morgan fingerprint density at radius 2 is 1.83 bits per heavy atom. The zero-order valence-electron chi connectivity index (χ0n) is 13.5. The highest BCUT2D eigenvalue weighted by Crippen LogP contribution is 2.38. The zero-order valence-corrected chi connectivity index (χ0v) is 14.3. The van der Waals surface area contributed by atoms with Crippen LogP contribution in [-0.2, 0) is 17.2 Å². The predicted molar refractivity (Wildman–Crippen MR) is 88.6 cm³/mol. The van der Waals surface area contributed by atoms with Gasteiger partial charge in [-0.05, 0) is 50.6 Å². The first-order chi connectivity index (χ1) is 11.2. The molecular formula is C17H18F3NO2S. The average Bonchev–Trinajstić information content (AvgIpc) is 2.47. The molecule has 0 aliphatic rings. The van der Waals surface area contributed by atoms with Crippen molar-refractivity contribution in [2.45, 2.75) is 31.8 Å². The third-order valence-electron chi connectivity index (χ3n) is 3.33. The van der Waals surface area contributed by atoms with E-state index < -0.39 is 22.7 Å². The average molecular weight is 357 g/mol. The lowest BCUT2D eigenvalue weighted by atomic mass is 10.1. The summed E-state index contributed by atoms with van der Waals surface area (Å²) in [4.78, 5) is 0.531. The molecule has 2 aromatic rings. The summed E-state index contributed by atoms with van der Waals surface area (Å²) in [5.41, 5.74) is 1.05. The number of hydrogen-bond donors (Lipinski definition) is 1. The van der Waals surface area contributed by atoms with Crippen molar-refractivity contribution in [3.63, 3.8) is 0 Å². The monoisotopic (exact) mass is 357 g/mol. The van der Waals surface area contributed by atoms with Gasteiger partial charge in [0.05, 0.1) is 17.1 Å². The summed E-state index contributed by atoms with van der Waals surface area (Å²) in [6.45, 7) is 5.46. The molecule has 0 fully saturated rings. The van der Waals surface area contributed by atoms with Gasteiger partial charge in [-0.3, -0.25) is 0 Å². The Kier molecular flexibility index (Phi) is 5.54. The van der Waals surface area contributed by atoms with Crippen molar-refractivity contribution in [2.24, 2.45) is 0 Å². The van der Waals surface area contributed by atoms with Crippen LogP contribution < -0.4 is 9.46 Å². The third kappa shape index (κ3) is 4.29. The number of hydrogen-bond acceptors (Lipinski definition) is 2. The van der Waals surface area contributed by atoms with Crippen LogP contribution in [-0.4, -0.2) is 10.8 Å². The van der Waals surface area contributed by atoms with E-state index in [0.717, 1.165) is 17.2 Å². The second kappa shape index (κ2) is 7.25. The minimum atomic E-state index is -4.55. The highest BCUT2D eigenvalue weighted by molar-refractivity contribution is 7.86. The van der Waals surface area contributed by atoms with E-state index in [4.69, 9.17) is 4.74 Å². The summed E-state index contributed by atoms with van der Waals surface area (Å²) in [5.74, 6) is -0.243. The molecule has 0 bridgehead atoms. The molecule has 24 heavy (non-hydrogen) atoms. The molecule has 7 heteroatoms. The Hall–Kier alpha value is -2.02. The minimum Gasteiger partial charge on any atom is -0.493 e. The first-order valence-electron chi connectivity index (χ1n) is 7.32. The Morgan fingerprint density at radius 1 is 1.12 bits per heavy atom. The molecule has 2 rings (SSSR count). The summed E-state index contributed by atoms with van der Waals surface area (Å²) in [7, 11) is -1.66. The van der Waals surface area contributed by atoms with Crippen molar-refractivity contribution in [3.05, 3.63) is 53.1 Å². The number of aryl methyl sites for hydroxylation is 2. The fraction of sp³-hybridized carbons (Fsp3) is 0.294. The van der Waals surface area contributed by atoms with Crippen LogP contribution in [0, 0.1) is 13.8 Å². The van der Waals surface area contributed by atoms with E-state index in [0.29, 0.717) is 4.90 Å². The largest absolute Gasteiger partial charge is 0.493 e. The lowest BCUT2D eigenvalue weighted by Gasteiger charge is -2.15. The van der Waals surface area contributed by atoms with Crippen LogP contribution in [0.25, 0.3) is 0 Å². The van der Waals surface area contributed by atoms with Crippen LogP contribution >= 0.6 is 0 Å². The van der Waals surface area contributed by atoms with E-state index in [1.807, 2.05) is 13.0 Å². The number of anilines is 1. The SMILES string of the molecule is CCOc1ccc(NS(=O)c2ccc(C)cc2C)cc1C(F)(F)F. The fourth-order valence-electron chi connectivity index (χ4n) is 2.27. The third-order valence-corrected chi connectivity index (χ3v) is 4.60. The maximum Gasteiger partial charge on any atom is 0.420 e. The van der Waals surface area contributed by atoms with E-state index in [1.54, 1.807) is 26.0 Å². The molecule has 1 N–H and O–H groups in total. The topological polar surface area (TPSA) is 38.3 Å². The number of benzene rings is 2. The van der Waals surface area contributed by atoms with Crippen LogP contribution in [0.15, 0.2) is 41.3 Å². The number of rotatable bonds is 5. The molecule has 0 radical (unpaired) electrons. The molecule has 0 amide bonds. The summed E-state index contributed by atoms with van der Waals surface area (Å²) >= 11 is 0. The molecule has 130 valence electrons. The quantitative estimate of drug-likeness (QED) is 0.830. The zero-order chi connectivity index (χ0) is 17.9. The van der Waals surface area contributed by atoms with Crippen molar-refractivity contribution < 1.29 is 22.1 Å². The van der Waals surface area contributed by atoms with Crippen molar-refractivity contribution >= 4 is 16.7 Å². The van der Waals surface area contributed by atoms with Crippen LogP contribution in [0.4, 0.5) is 18.9 Å². The van der Waals surface area contributed by atoms with Gasteiger partial charge in [0.2, 0.25) is 0 Å². The van der Waals surface area contributed by atoms with Gasteiger partial charge >= 0.3 is 6.18 Å². The van der Waals surface area contributed by atoms with Crippen LogP contribution in [0.2, 0.25) is 0 Å². The van der Waals surface area contributed by atoms with Gasteiger partial charge in [-0.25, -0.2) is 4.21 Å². The van der Waals surface area contributed by atoms with Crippen molar-refractivity contribution in [1.82, 2.24) is 0 Å². The van der Waals surface area contributed by atoms with Crippen LogP contribution in [0.3, 0.4) is 0 Å². The highest BCUT2D eigenvalue weighted by Gasteiger charge is 2.34. The molecule has 2 aromatic carbocycles. The second-order valence-electron chi connectivity index (χ2n) is 5.28. The van der Waals surface area contributed by atoms with Gasteiger partial charge in [0.25, 0.3) is 0 Å². The Balaban J connectivity index is 2.31. The molecule has 0 spiro atoms. The molecular weight excluding hydrogens is 339 g/mol. The van der Waals surface area contributed by atoms with Gasteiger partial charge < -0.3 is 9.46 Å². The maximum atomic E-state index is 13.1. The smallest absolute Gasteiger partial charge is 0.420 e. The summed E-state index contributed by atoms with van der Waals surface area (Å²) in [6, 6.07) is 8.93. The lowest BCUT2D eigenvalue weighted by molar-refractivity contribution is -0.138. The fourth-order valence-corrected chi connectivity index (χ4v) is 3.26. The number of halogens is 3. The van der Waals surface area contributed by atoms with Gasteiger partial charge in [-0.15, -0.1) is 0 Å². The molecule has 1 unspecified atom stereocenters. The molecule has 0 aliphatic heterocycles.